The van der Waals surface area contributed by atoms with Gasteiger partial charge in [-0.2, -0.15) is 0 Å². The van der Waals surface area contributed by atoms with E-state index in [0.717, 1.165) is 11.1 Å². The largest absolute Gasteiger partial charge is 0.411 e. The van der Waals surface area contributed by atoms with Gasteiger partial charge in [-0.15, -0.1) is 10.2 Å². The number of aromatic nitrogens is 3. The highest BCUT2D eigenvalue weighted by Crippen LogP contribution is 2.27. The Morgan fingerprint density at radius 3 is 2.72 bits per heavy atom. The van der Waals surface area contributed by atoms with Crippen molar-refractivity contribution in [2.45, 2.75) is 24.3 Å². The molecule has 8 heteroatoms. The Balaban J connectivity index is 1.65. The lowest BCUT2D eigenvalue weighted by molar-refractivity contribution is -0.115. The maximum atomic E-state index is 12.3. The summed E-state index contributed by atoms with van der Waals surface area (Å²) in [4.78, 5) is 16.2. The first-order chi connectivity index (χ1) is 12.0. The minimum atomic E-state index is -0.442. The second-order valence-electron chi connectivity index (χ2n) is 5.33. The van der Waals surface area contributed by atoms with E-state index in [1.54, 1.807) is 25.3 Å². The van der Waals surface area contributed by atoms with E-state index in [-0.39, 0.29) is 11.1 Å². The second kappa shape index (κ2) is 7.67. The molecule has 0 aliphatic rings. The highest BCUT2D eigenvalue weighted by atomic mass is 35.5. The fraction of sp³-hybridized carbons (Fsp3) is 0.176. The van der Waals surface area contributed by atoms with Gasteiger partial charge in [-0.3, -0.25) is 4.79 Å². The van der Waals surface area contributed by atoms with Crippen LogP contribution in [0, 0.1) is 6.92 Å². The Morgan fingerprint density at radius 2 is 2.00 bits per heavy atom. The van der Waals surface area contributed by atoms with E-state index in [4.69, 9.17) is 16.0 Å². The Morgan fingerprint density at radius 1 is 1.24 bits per heavy atom. The zero-order valence-corrected chi connectivity index (χ0v) is 15.1. The van der Waals surface area contributed by atoms with Crippen molar-refractivity contribution >= 4 is 35.0 Å². The predicted octanol–water partition coefficient (Wildman–Crippen LogP) is 4.21. The smallest absolute Gasteiger partial charge is 0.277 e. The molecule has 0 radical (unpaired) electrons. The van der Waals surface area contributed by atoms with Crippen LogP contribution in [0.4, 0.5) is 5.69 Å². The number of amides is 1. The Bertz CT molecular complexity index is 882. The van der Waals surface area contributed by atoms with Crippen LogP contribution in [0.3, 0.4) is 0 Å². The van der Waals surface area contributed by atoms with Gasteiger partial charge in [-0.25, -0.2) is 4.98 Å². The van der Waals surface area contributed by atoms with E-state index in [1.807, 2.05) is 31.2 Å². The summed E-state index contributed by atoms with van der Waals surface area (Å²) >= 11 is 7.12. The van der Waals surface area contributed by atoms with Gasteiger partial charge in [-0.1, -0.05) is 41.1 Å². The van der Waals surface area contributed by atoms with Crippen molar-refractivity contribution in [1.82, 2.24) is 15.2 Å². The van der Waals surface area contributed by atoms with Crippen LogP contribution < -0.4 is 5.32 Å². The predicted molar refractivity (Wildman–Crippen MR) is 97.7 cm³/mol. The Hall–Kier alpha value is -2.38. The summed E-state index contributed by atoms with van der Waals surface area (Å²) in [5.74, 6) is 0.195. The Labute approximate surface area is 154 Å². The van der Waals surface area contributed by atoms with Crippen LogP contribution in [0.1, 0.15) is 12.5 Å². The molecule has 0 unspecified atom stereocenters. The standard InChI is InChI=1S/C17H15ClN4O2S/c1-10-5-7-12(8-6-10)16-21-22-17(24-16)25-11(2)15(23)20-13-4-3-9-19-14(13)18/h3-9,11H,1-2H3,(H,20,23)/t11-/m1/s1. The number of carbonyl (C=O) groups excluding carboxylic acids is 1. The maximum Gasteiger partial charge on any atom is 0.277 e. The molecule has 0 bridgehead atoms. The molecule has 1 aromatic carbocycles. The molecule has 3 aromatic rings. The molecule has 2 aromatic heterocycles. The normalized spacial score (nSPS) is 12.0. The van der Waals surface area contributed by atoms with E-state index in [1.165, 1.54) is 11.8 Å². The minimum absolute atomic E-state index is 0.227. The summed E-state index contributed by atoms with van der Waals surface area (Å²) in [6, 6.07) is 11.2. The zero-order valence-electron chi connectivity index (χ0n) is 13.6. The molecule has 1 amide bonds. The van der Waals surface area contributed by atoms with Crippen LogP contribution in [0.15, 0.2) is 52.2 Å². The number of hydrogen-bond donors (Lipinski definition) is 1. The van der Waals surface area contributed by atoms with Crippen molar-refractivity contribution in [3.63, 3.8) is 0 Å². The van der Waals surface area contributed by atoms with Crippen molar-refractivity contribution in [1.29, 1.82) is 0 Å². The van der Waals surface area contributed by atoms with E-state index >= 15 is 0 Å². The number of rotatable bonds is 5. The molecule has 0 aliphatic heterocycles. The highest BCUT2D eigenvalue weighted by Gasteiger charge is 2.19. The third-order valence-corrected chi connectivity index (χ3v) is 4.60. The second-order valence-corrected chi connectivity index (χ2v) is 6.98. The van der Waals surface area contributed by atoms with Crippen LogP contribution >= 0.6 is 23.4 Å². The van der Waals surface area contributed by atoms with E-state index in [9.17, 15) is 4.79 Å². The quantitative estimate of drug-likeness (QED) is 0.532. The van der Waals surface area contributed by atoms with Crippen molar-refractivity contribution < 1.29 is 9.21 Å². The molecule has 0 saturated heterocycles. The average molecular weight is 375 g/mol. The van der Waals surface area contributed by atoms with Crippen LogP contribution in [0.25, 0.3) is 11.5 Å². The monoisotopic (exact) mass is 374 g/mol. The molecule has 0 fully saturated rings. The first-order valence-electron chi connectivity index (χ1n) is 7.51. The first kappa shape index (κ1) is 17.4. The maximum absolute atomic E-state index is 12.3. The molecule has 3 rings (SSSR count). The molecule has 2 heterocycles. The molecule has 6 nitrogen and oxygen atoms in total. The summed E-state index contributed by atoms with van der Waals surface area (Å²) in [5, 5.41) is 10.9. The molecular weight excluding hydrogens is 360 g/mol. The van der Waals surface area contributed by atoms with Gasteiger partial charge in [0.2, 0.25) is 11.8 Å². The molecular formula is C17H15ClN4O2S. The molecule has 128 valence electrons. The number of thioether (sulfide) groups is 1. The average Bonchev–Trinajstić information content (AvgIpc) is 3.06. The van der Waals surface area contributed by atoms with Crippen molar-refractivity contribution in [2.75, 3.05) is 5.32 Å². The van der Waals surface area contributed by atoms with Crippen molar-refractivity contribution in [2.24, 2.45) is 0 Å². The number of halogens is 1. The molecule has 0 aliphatic carbocycles. The SMILES string of the molecule is Cc1ccc(-c2nnc(S[C@H](C)C(=O)Nc3cccnc3Cl)o2)cc1. The lowest BCUT2D eigenvalue weighted by atomic mass is 10.1. The first-order valence-corrected chi connectivity index (χ1v) is 8.77. The van der Waals surface area contributed by atoms with Gasteiger partial charge in [0.05, 0.1) is 10.9 Å². The minimum Gasteiger partial charge on any atom is -0.411 e. The van der Waals surface area contributed by atoms with Gasteiger partial charge < -0.3 is 9.73 Å². The number of nitrogens with zero attached hydrogens (tertiary/aromatic N) is 3. The number of nitrogens with one attached hydrogen (secondary N) is 1. The lowest BCUT2D eigenvalue weighted by Crippen LogP contribution is -2.22. The number of pyridine rings is 1. The molecule has 0 spiro atoms. The van der Waals surface area contributed by atoms with Crippen LogP contribution in [0.2, 0.25) is 5.15 Å². The van der Waals surface area contributed by atoms with Crippen molar-refractivity contribution in [3.8, 4) is 11.5 Å². The number of aryl methyl sites for hydroxylation is 1. The molecule has 1 atom stereocenters. The summed E-state index contributed by atoms with van der Waals surface area (Å²) in [7, 11) is 0. The van der Waals surface area contributed by atoms with Crippen LogP contribution in [-0.4, -0.2) is 26.3 Å². The van der Waals surface area contributed by atoms with E-state index in [2.05, 4.69) is 20.5 Å². The number of anilines is 1. The fourth-order valence-electron chi connectivity index (χ4n) is 1.99. The van der Waals surface area contributed by atoms with Gasteiger partial charge in [0.25, 0.3) is 5.22 Å². The summed E-state index contributed by atoms with van der Waals surface area (Å²) < 4.78 is 5.63. The number of benzene rings is 1. The number of hydrogen-bond acceptors (Lipinski definition) is 6. The number of carbonyl (C=O) groups is 1. The van der Waals surface area contributed by atoms with Crippen molar-refractivity contribution in [3.05, 3.63) is 53.3 Å². The van der Waals surface area contributed by atoms with E-state index in [0.29, 0.717) is 16.8 Å². The highest BCUT2D eigenvalue weighted by molar-refractivity contribution is 8.00. The molecule has 0 saturated carbocycles. The molecule has 25 heavy (non-hydrogen) atoms. The summed E-state index contributed by atoms with van der Waals surface area (Å²) in [6.07, 6.45) is 1.56. The third-order valence-electron chi connectivity index (χ3n) is 3.37. The lowest BCUT2D eigenvalue weighted by Gasteiger charge is -2.10. The molecule has 1 N–H and O–H groups in total. The summed E-state index contributed by atoms with van der Waals surface area (Å²) in [6.45, 7) is 3.76. The topological polar surface area (TPSA) is 80.9 Å². The fourth-order valence-corrected chi connectivity index (χ4v) is 2.84. The summed E-state index contributed by atoms with van der Waals surface area (Å²) in [5.41, 5.74) is 2.45. The van der Waals surface area contributed by atoms with Gasteiger partial charge in [0, 0.05) is 11.8 Å². The van der Waals surface area contributed by atoms with Gasteiger partial charge >= 0.3 is 0 Å². The van der Waals surface area contributed by atoms with Gasteiger partial charge in [0.15, 0.2) is 5.15 Å². The van der Waals surface area contributed by atoms with Gasteiger partial charge in [-0.05, 0) is 38.1 Å². The van der Waals surface area contributed by atoms with Gasteiger partial charge in [0.1, 0.15) is 0 Å². The van der Waals surface area contributed by atoms with Crippen LogP contribution in [-0.2, 0) is 4.79 Å². The van der Waals surface area contributed by atoms with Crippen LogP contribution in [0.5, 0.6) is 0 Å². The van der Waals surface area contributed by atoms with E-state index < -0.39 is 5.25 Å². The third kappa shape index (κ3) is 4.37. The Kier molecular flexibility index (Phi) is 5.35. The zero-order chi connectivity index (χ0) is 17.8.